The Morgan fingerprint density at radius 3 is 2.43 bits per heavy atom. The molecule has 0 saturated heterocycles. The summed E-state index contributed by atoms with van der Waals surface area (Å²) in [6, 6.07) is 10.6. The number of aliphatic hydroxyl groups excluding tert-OH is 1. The highest BCUT2D eigenvalue weighted by molar-refractivity contribution is 5.19. The van der Waals surface area contributed by atoms with E-state index in [0.29, 0.717) is 12.5 Å². The average Bonchev–Trinajstić information content (AvgIpc) is 3.00. The van der Waals surface area contributed by atoms with Crippen molar-refractivity contribution >= 4 is 0 Å². The number of aliphatic hydroxyl groups is 1. The molecule has 1 atom stereocenters. The minimum atomic E-state index is 0.273. The first-order valence-corrected chi connectivity index (χ1v) is 5.42. The second-order valence-electron chi connectivity index (χ2n) is 4.67. The van der Waals surface area contributed by atoms with E-state index in [1.165, 1.54) is 18.4 Å². The molecule has 1 unspecified atom stereocenters. The summed E-state index contributed by atoms with van der Waals surface area (Å²) in [5.41, 5.74) is 1.67. The lowest BCUT2D eigenvalue weighted by Gasteiger charge is -2.18. The second-order valence-corrected chi connectivity index (χ2v) is 4.67. The molecular weight excluding hydrogens is 172 g/mol. The fraction of sp³-hybridized carbons (Fsp3) is 0.538. The van der Waals surface area contributed by atoms with Gasteiger partial charge in [0.25, 0.3) is 0 Å². The smallest absolute Gasteiger partial charge is 0.0487 e. The zero-order valence-corrected chi connectivity index (χ0v) is 8.74. The molecule has 1 fully saturated rings. The van der Waals surface area contributed by atoms with E-state index in [9.17, 15) is 5.11 Å². The number of hydrogen-bond acceptors (Lipinski definition) is 1. The zero-order chi connectivity index (χ0) is 10.0. The highest BCUT2D eigenvalue weighted by Crippen LogP contribution is 2.51. The summed E-state index contributed by atoms with van der Waals surface area (Å²) in [4.78, 5) is 0. The molecule has 1 nitrogen and oxygen atoms in total. The number of hydrogen-bond donors (Lipinski definition) is 1. The molecule has 1 aliphatic carbocycles. The van der Waals surface area contributed by atoms with Gasteiger partial charge < -0.3 is 5.11 Å². The van der Waals surface area contributed by atoms with E-state index in [-0.39, 0.29) is 5.41 Å². The Labute approximate surface area is 85.8 Å². The monoisotopic (exact) mass is 190 g/mol. The van der Waals surface area contributed by atoms with Gasteiger partial charge in [0.1, 0.15) is 0 Å². The molecule has 76 valence electrons. The molecule has 0 spiro atoms. The van der Waals surface area contributed by atoms with Gasteiger partial charge in [-0.25, -0.2) is 0 Å². The maximum absolute atomic E-state index is 9.25. The van der Waals surface area contributed by atoms with Crippen LogP contribution in [-0.2, 0) is 0 Å². The molecule has 2 rings (SSSR count). The normalized spacial score (nSPS) is 20.4. The van der Waals surface area contributed by atoms with Gasteiger partial charge in [-0.2, -0.15) is 0 Å². The minimum Gasteiger partial charge on any atom is -0.396 e. The summed E-state index contributed by atoms with van der Waals surface area (Å²) in [5, 5.41) is 9.25. The van der Waals surface area contributed by atoms with Crippen molar-refractivity contribution in [2.45, 2.75) is 32.1 Å². The summed E-state index contributed by atoms with van der Waals surface area (Å²) in [6.07, 6.45) is 3.55. The van der Waals surface area contributed by atoms with Gasteiger partial charge in [-0.15, -0.1) is 0 Å². The van der Waals surface area contributed by atoms with E-state index < -0.39 is 0 Å². The molecule has 1 saturated carbocycles. The van der Waals surface area contributed by atoms with Gasteiger partial charge in [0.05, 0.1) is 0 Å². The van der Waals surface area contributed by atoms with Gasteiger partial charge in [0.2, 0.25) is 0 Å². The van der Waals surface area contributed by atoms with Crippen LogP contribution in [-0.4, -0.2) is 11.7 Å². The molecule has 0 heterocycles. The summed E-state index contributed by atoms with van der Waals surface area (Å²) in [7, 11) is 0. The molecule has 0 bridgehead atoms. The average molecular weight is 190 g/mol. The standard InChI is InChI=1S/C13H18O/c1-11(9-13(10-14)7-8-13)12-5-3-2-4-6-12/h2-6,11,14H,7-10H2,1H3. The van der Waals surface area contributed by atoms with Crippen molar-refractivity contribution in [1.29, 1.82) is 0 Å². The van der Waals surface area contributed by atoms with Gasteiger partial charge in [-0.3, -0.25) is 0 Å². The third kappa shape index (κ3) is 1.98. The minimum absolute atomic E-state index is 0.273. The van der Waals surface area contributed by atoms with Crippen LogP contribution in [0.4, 0.5) is 0 Å². The summed E-state index contributed by atoms with van der Waals surface area (Å²) in [6.45, 7) is 2.62. The Morgan fingerprint density at radius 1 is 1.29 bits per heavy atom. The molecule has 1 aromatic rings. The Bertz CT molecular complexity index is 287. The second kappa shape index (κ2) is 3.74. The highest BCUT2D eigenvalue weighted by Gasteiger charge is 2.42. The first-order chi connectivity index (χ1) is 6.76. The third-order valence-electron chi connectivity index (χ3n) is 3.40. The van der Waals surface area contributed by atoms with Crippen LogP contribution in [0.2, 0.25) is 0 Å². The van der Waals surface area contributed by atoms with Gasteiger partial charge in [0.15, 0.2) is 0 Å². The zero-order valence-electron chi connectivity index (χ0n) is 8.74. The Hall–Kier alpha value is -0.820. The SMILES string of the molecule is CC(CC1(CO)CC1)c1ccccc1. The van der Waals surface area contributed by atoms with Crippen LogP contribution >= 0.6 is 0 Å². The summed E-state index contributed by atoms with van der Waals surface area (Å²) >= 11 is 0. The van der Waals surface area contributed by atoms with Crippen molar-refractivity contribution in [1.82, 2.24) is 0 Å². The molecule has 1 aromatic carbocycles. The Morgan fingerprint density at radius 2 is 1.93 bits per heavy atom. The van der Waals surface area contributed by atoms with Crippen LogP contribution < -0.4 is 0 Å². The van der Waals surface area contributed by atoms with Crippen LogP contribution in [0.3, 0.4) is 0 Å². The van der Waals surface area contributed by atoms with Gasteiger partial charge in [-0.1, -0.05) is 37.3 Å². The summed E-state index contributed by atoms with van der Waals surface area (Å²) in [5.74, 6) is 0.575. The molecule has 0 amide bonds. The van der Waals surface area contributed by atoms with Crippen molar-refractivity contribution in [3.63, 3.8) is 0 Å². The quantitative estimate of drug-likeness (QED) is 0.774. The largest absolute Gasteiger partial charge is 0.396 e. The Balaban J connectivity index is 1.99. The maximum Gasteiger partial charge on any atom is 0.0487 e. The fourth-order valence-corrected chi connectivity index (χ4v) is 2.15. The summed E-state index contributed by atoms with van der Waals surface area (Å²) < 4.78 is 0. The molecule has 0 aromatic heterocycles. The molecule has 1 aliphatic rings. The molecular formula is C13H18O. The fourth-order valence-electron chi connectivity index (χ4n) is 2.15. The van der Waals surface area contributed by atoms with E-state index in [1.807, 2.05) is 0 Å². The third-order valence-corrected chi connectivity index (χ3v) is 3.40. The first kappa shape index (κ1) is 9.72. The Kier molecular flexibility index (Phi) is 2.60. The molecule has 1 N–H and O–H groups in total. The van der Waals surface area contributed by atoms with Crippen LogP contribution in [0.15, 0.2) is 30.3 Å². The first-order valence-electron chi connectivity index (χ1n) is 5.42. The van der Waals surface area contributed by atoms with E-state index in [1.54, 1.807) is 0 Å². The van der Waals surface area contributed by atoms with Crippen LogP contribution in [0.5, 0.6) is 0 Å². The van der Waals surface area contributed by atoms with E-state index in [4.69, 9.17) is 0 Å². The predicted octanol–water partition coefficient (Wildman–Crippen LogP) is 2.95. The van der Waals surface area contributed by atoms with E-state index >= 15 is 0 Å². The topological polar surface area (TPSA) is 20.2 Å². The van der Waals surface area contributed by atoms with E-state index in [0.717, 1.165) is 6.42 Å². The van der Waals surface area contributed by atoms with Crippen LogP contribution in [0.1, 0.15) is 37.7 Å². The highest BCUT2D eigenvalue weighted by atomic mass is 16.3. The lowest BCUT2D eigenvalue weighted by Crippen LogP contribution is -2.10. The molecule has 0 radical (unpaired) electrons. The van der Waals surface area contributed by atoms with Crippen molar-refractivity contribution in [3.8, 4) is 0 Å². The number of benzene rings is 1. The lowest BCUT2D eigenvalue weighted by atomic mass is 9.89. The van der Waals surface area contributed by atoms with Crippen molar-refractivity contribution in [3.05, 3.63) is 35.9 Å². The molecule has 0 aliphatic heterocycles. The predicted molar refractivity (Wildman–Crippen MR) is 58.2 cm³/mol. The molecule has 14 heavy (non-hydrogen) atoms. The van der Waals surface area contributed by atoms with Crippen molar-refractivity contribution in [2.75, 3.05) is 6.61 Å². The van der Waals surface area contributed by atoms with Crippen molar-refractivity contribution in [2.24, 2.45) is 5.41 Å². The maximum atomic E-state index is 9.25. The molecule has 1 heteroatoms. The van der Waals surface area contributed by atoms with Crippen LogP contribution in [0.25, 0.3) is 0 Å². The van der Waals surface area contributed by atoms with Crippen LogP contribution in [0, 0.1) is 5.41 Å². The lowest BCUT2D eigenvalue weighted by molar-refractivity contribution is 0.197. The van der Waals surface area contributed by atoms with Crippen molar-refractivity contribution < 1.29 is 5.11 Å². The van der Waals surface area contributed by atoms with E-state index in [2.05, 4.69) is 37.3 Å². The van der Waals surface area contributed by atoms with Gasteiger partial charge >= 0.3 is 0 Å². The van der Waals surface area contributed by atoms with Gasteiger partial charge in [0, 0.05) is 6.61 Å². The van der Waals surface area contributed by atoms with Gasteiger partial charge in [-0.05, 0) is 36.2 Å². The number of rotatable bonds is 4.